The average Bonchev–Trinajstić information content (AvgIpc) is 3.10. The van der Waals surface area contributed by atoms with Gasteiger partial charge in [0.05, 0.1) is 0 Å². The van der Waals surface area contributed by atoms with Crippen LogP contribution in [0.15, 0.2) is 29.2 Å². The van der Waals surface area contributed by atoms with Crippen LogP contribution in [0, 0.1) is 12.3 Å². The van der Waals surface area contributed by atoms with Gasteiger partial charge < -0.3 is 9.88 Å². The second-order valence-corrected chi connectivity index (χ2v) is 9.20. The molecule has 0 bridgehead atoms. The molecule has 24 heavy (non-hydrogen) atoms. The maximum Gasteiger partial charge on any atom is 0.245 e. The Kier molecular flexibility index (Phi) is 3.74. The van der Waals surface area contributed by atoms with Crippen molar-refractivity contribution in [2.75, 3.05) is 26.2 Å². The first-order chi connectivity index (χ1) is 11.4. The van der Waals surface area contributed by atoms with Crippen LogP contribution in [0.1, 0.15) is 25.0 Å². The first kappa shape index (κ1) is 16.1. The van der Waals surface area contributed by atoms with Crippen LogP contribution in [0.25, 0.3) is 10.9 Å². The molecule has 1 N–H and O–H groups in total. The van der Waals surface area contributed by atoms with Crippen LogP contribution >= 0.6 is 0 Å². The summed E-state index contributed by atoms with van der Waals surface area (Å²) in [6.45, 7) is 5.22. The van der Waals surface area contributed by atoms with Crippen molar-refractivity contribution < 1.29 is 8.42 Å². The molecule has 0 saturated carbocycles. The highest BCUT2D eigenvalue weighted by molar-refractivity contribution is 7.89. The first-order valence-electron chi connectivity index (χ1n) is 8.70. The summed E-state index contributed by atoms with van der Waals surface area (Å²) in [7, 11) is -1.52. The third-order valence-corrected chi connectivity index (χ3v) is 8.03. The third-order valence-electron chi connectivity index (χ3n) is 6.01. The zero-order valence-corrected chi connectivity index (χ0v) is 15.2. The summed E-state index contributed by atoms with van der Waals surface area (Å²) in [5, 5.41) is 4.22. The second kappa shape index (κ2) is 5.58. The van der Waals surface area contributed by atoms with E-state index in [2.05, 4.69) is 5.32 Å². The molecular formula is C18H25N3O2S. The topological polar surface area (TPSA) is 54.3 Å². The van der Waals surface area contributed by atoms with Gasteiger partial charge in [-0.1, -0.05) is 18.2 Å². The second-order valence-electron chi connectivity index (χ2n) is 7.33. The van der Waals surface area contributed by atoms with Gasteiger partial charge >= 0.3 is 0 Å². The van der Waals surface area contributed by atoms with Gasteiger partial charge in [-0.2, -0.15) is 4.31 Å². The summed E-state index contributed by atoms with van der Waals surface area (Å²) >= 11 is 0. The van der Waals surface area contributed by atoms with Crippen LogP contribution in [-0.2, 0) is 17.1 Å². The van der Waals surface area contributed by atoms with Gasteiger partial charge in [0.2, 0.25) is 10.0 Å². The molecule has 1 spiro atoms. The van der Waals surface area contributed by atoms with Gasteiger partial charge in [-0.05, 0) is 50.8 Å². The van der Waals surface area contributed by atoms with Crippen LogP contribution in [-0.4, -0.2) is 43.5 Å². The standard InChI is InChI=1S/C18H25N3O2S/c1-14-17(15-5-3-4-6-16(15)20(14)2)24(22,23)21-12-9-18(13-21)7-10-19-11-8-18/h3-6,19H,7-13H2,1-2H3. The van der Waals surface area contributed by atoms with Crippen molar-refractivity contribution in [1.82, 2.24) is 14.2 Å². The van der Waals surface area contributed by atoms with Crippen LogP contribution in [0.4, 0.5) is 0 Å². The Balaban J connectivity index is 1.75. The molecule has 1 aromatic carbocycles. The number of aromatic nitrogens is 1. The molecule has 3 heterocycles. The average molecular weight is 347 g/mol. The Morgan fingerprint density at radius 2 is 1.83 bits per heavy atom. The van der Waals surface area contributed by atoms with Crippen LogP contribution < -0.4 is 5.32 Å². The molecule has 130 valence electrons. The van der Waals surface area contributed by atoms with E-state index in [9.17, 15) is 8.42 Å². The smallest absolute Gasteiger partial charge is 0.245 e. The van der Waals surface area contributed by atoms with E-state index in [4.69, 9.17) is 0 Å². The summed E-state index contributed by atoms with van der Waals surface area (Å²) in [6, 6.07) is 7.78. The first-order valence-corrected chi connectivity index (χ1v) is 10.1. The molecule has 0 atom stereocenters. The minimum atomic E-state index is -3.46. The fraction of sp³-hybridized carbons (Fsp3) is 0.556. The number of fused-ring (bicyclic) bond motifs is 1. The molecular weight excluding hydrogens is 322 g/mol. The van der Waals surface area contributed by atoms with Crippen LogP contribution in [0.3, 0.4) is 0 Å². The molecule has 2 fully saturated rings. The summed E-state index contributed by atoms with van der Waals surface area (Å²) in [5.41, 5.74) is 1.98. The Labute approximate surface area is 143 Å². The highest BCUT2D eigenvalue weighted by atomic mass is 32.2. The monoisotopic (exact) mass is 347 g/mol. The van der Waals surface area contributed by atoms with Gasteiger partial charge in [-0.15, -0.1) is 0 Å². The number of rotatable bonds is 2. The quantitative estimate of drug-likeness (QED) is 0.906. The number of piperidine rings is 1. The zero-order chi connectivity index (χ0) is 16.9. The van der Waals surface area contributed by atoms with E-state index in [0.29, 0.717) is 18.0 Å². The minimum absolute atomic E-state index is 0.177. The van der Waals surface area contributed by atoms with Gasteiger partial charge in [-0.3, -0.25) is 0 Å². The van der Waals surface area contributed by atoms with E-state index < -0.39 is 10.0 Å². The molecule has 2 aromatic rings. The summed E-state index contributed by atoms with van der Waals surface area (Å²) in [6.07, 6.45) is 3.14. The van der Waals surface area contributed by atoms with Gasteiger partial charge in [0.15, 0.2) is 0 Å². The number of sulfonamides is 1. The highest BCUT2D eigenvalue weighted by Gasteiger charge is 2.44. The predicted molar refractivity (Wildman–Crippen MR) is 95.6 cm³/mol. The highest BCUT2D eigenvalue weighted by Crippen LogP contribution is 2.42. The minimum Gasteiger partial charge on any atom is -0.347 e. The fourth-order valence-electron chi connectivity index (χ4n) is 4.41. The van der Waals surface area contributed by atoms with Crippen molar-refractivity contribution >= 4 is 20.9 Å². The van der Waals surface area contributed by atoms with Crippen LogP contribution in [0.2, 0.25) is 0 Å². The van der Waals surface area contributed by atoms with Crippen molar-refractivity contribution in [3.8, 4) is 0 Å². The van der Waals surface area contributed by atoms with Crippen LogP contribution in [0.5, 0.6) is 0 Å². The Hall–Kier alpha value is -1.37. The van der Waals surface area contributed by atoms with E-state index in [1.54, 1.807) is 4.31 Å². The van der Waals surface area contributed by atoms with Crippen molar-refractivity contribution in [1.29, 1.82) is 0 Å². The van der Waals surface area contributed by atoms with Gasteiger partial charge in [-0.25, -0.2) is 8.42 Å². The van der Waals surface area contributed by atoms with E-state index in [1.807, 2.05) is 42.8 Å². The third kappa shape index (κ3) is 2.31. The predicted octanol–water partition coefficient (Wildman–Crippen LogP) is 2.25. The molecule has 2 aliphatic rings. The number of nitrogens with one attached hydrogen (secondary N) is 1. The number of aryl methyl sites for hydroxylation is 1. The molecule has 0 unspecified atom stereocenters. The molecule has 2 aliphatic heterocycles. The van der Waals surface area contributed by atoms with Crippen molar-refractivity contribution in [2.45, 2.75) is 31.1 Å². The molecule has 0 aliphatic carbocycles. The van der Waals surface area contributed by atoms with Gasteiger partial charge in [0.1, 0.15) is 4.90 Å². The molecule has 5 nitrogen and oxygen atoms in total. The largest absolute Gasteiger partial charge is 0.347 e. The van der Waals surface area contributed by atoms with Crippen molar-refractivity contribution in [2.24, 2.45) is 12.5 Å². The van der Waals surface area contributed by atoms with E-state index in [-0.39, 0.29) is 5.41 Å². The lowest BCUT2D eigenvalue weighted by atomic mass is 9.78. The van der Waals surface area contributed by atoms with E-state index in [1.165, 1.54) is 0 Å². The molecule has 1 aromatic heterocycles. The summed E-state index contributed by atoms with van der Waals surface area (Å²) in [4.78, 5) is 0.492. The number of para-hydroxylation sites is 1. The Morgan fingerprint density at radius 3 is 2.58 bits per heavy atom. The zero-order valence-electron chi connectivity index (χ0n) is 14.4. The number of hydrogen-bond acceptors (Lipinski definition) is 3. The fourth-order valence-corrected chi connectivity index (χ4v) is 6.40. The van der Waals surface area contributed by atoms with Crippen molar-refractivity contribution in [3.05, 3.63) is 30.0 Å². The molecule has 0 amide bonds. The lowest BCUT2D eigenvalue weighted by Gasteiger charge is -2.33. The Morgan fingerprint density at radius 1 is 1.12 bits per heavy atom. The number of hydrogen-bond donors (Lipinski definition) is 1. The Bertz CT molecular complexity index is 879. The SMILES string of the molecule is Cc1c(S(=O)(=O)N2CCC3(CCNCC3)C2)c2ccccc2n1C. The van der Waals surface area contributed by atoms with E-state index in [0.717, 1.165) is 48.9 Å². The lowest BCUT2D eigenvalue weighted by Crippen LogP contribution is -2.39. The molecule has 4 rings (SSSR count). The molecule has 6 heteroatoms. The summed E-state index contributed by atoms with van der Waals surface area (Å²) < 4.78 is 30.5. The van der Waals surface area contributed by atoms with E-state index >= 15 is 0 Å². The molecule has 0 radical (unpaired) electrons. The lowest BCUT2D eigenvalue weighted by molar-refractivity contribution is 0.218. The van der Waals surface area contributed by atoms with Gasteiger partial charge in [0.25, 0.3) is 0 Å². The number of nitrogens with zero attached hydrogens (tertiary/aromatic N) is 2. The number of benzene rings is 1. The maximum absolute atomic E-state index is 13.4. The molecule has 2 saturated heterocycles. The van der Waals surface area contributed by atoms with Crippen molar-refractivity contribution in [3.63, 3.8) is 0 Å². The normalized spacial score (nSPS) is 21.8. The van der Waals surface area contributed by atoms with Gasteiger partial charge in [0, 0.05) is 36.7 Å². The maximum atomic E-state index is 13.4. The summed E-state index contributed by atoms with van der Waals surface area (Å²) in [5.74, 6) is 0.